The highest BCUT2D eigenvalue weighted by molar-refractivity contribution is 5.79. The van der Waals surface area contributed by atoms with E-state index in [-0.39, 0.29) is 5.60 Å². The van der Waals surface area contributed by atoms with Crippen molar-refractivity contribution >= 4 is 11.6 Å². The van der Waals surface area contributed by atoms with Crippen LogP contribution in [0.5, 0.6) is 0 Å². The van der Waals surface area contributed by atoms with Gasteiger partial charge in [-0.05, 0) is 49.0 Å². The minimum Gasteiger partial charge on any atom is -0.483 e. The van der Waals surface area contributed by atoms with E-state index in [1.54, 1.807) is 0 Å². The van der Waals surface area contributed by atoms with Crippen LogP contribution >= 0.6 is 0 Å². The summed E-state index contributed by atoms with van der Waals surface area (Å²) in [5, 5.41) is 0. The van der Waals surface area contributed by atoms with Crippen LogP contribution in [0, 0.1) is 0 Å². The molecule has 110 valence electrons. The first-order valence-corrected chi connectivity index (χ1v) is 8.09. The first-order chi connectivity index (χ1) is 10.9. The second-order valence-electron chi connectivity index (χ2n) is 6.18. The van der Waals surface area contributed by atoms with Crippen LogP contribution in [0.2, 0.25) is 0 Å². The molecule has 1 heterocycles. The summed E-state index contributed by atoms with van der Waals surface area (Å²) in [5.41, 5.74) is 3.74. The lowest BCUT2D eigenvalue weighted by Crippen LogP contribution is -2.25. The molecule has 1 fully saturated rings. The van der Waals surface area contributed by atoms with Crippen molar-refractivity contribution in [3.63, 3.8) is 0 Å². The SMILES string of the molecule is C1=C(c2ccccc2)C2(CCCC2)O/C1=C/c1ccccc1. The number of hydrogen-bond donors (Lipinski definition) is 0. The summed E-state index contributed by atoms with van der Waals surface area (Å²) in [5.74, 6) is 0.993. The van der Waals surface area contributed by atoms with Crippen LogP contribution in [0.15, 0.2) is 72.5 Å². The average Bonchev–Trinajstić information content (AvgIpc) is 3.17. The highest BCUT2D eigenvalue weighted by Crippen LogP contribution is 2.49. The Morgan fingerprint density at radius 1 is 0.818 bits per heavy atom. The van der Waals surface area contributed by atoms with Crippen molar-refractivity contribution < 1.29 is 4.74 Å². The summed E-state index contributed by atoms with van der Waals surface area (Å²) in [6.07, 6.45) is 9.15. The van der Waals surface area contributed by atoms with Crippen LogP contribution in [-0.2, 0) is 4.74 Å². The molecular formula is C21H20O. The quantitative estimate of drug-likeness (QED) is 0.713. The molecule has 0 amide bonds. The molecule has 0 saturated heterocycles. The van der Waals surface area contributed by atoms with Gasteiger partial charge in [-0.3, -0.25) is 0 Å². The third-order valence-electron chi connectivity index (χ3n) is 4.70. The minimum atomic E-state index is -0.0953. The zero-order valence-corrected chi connectivity index (χ0v) is 12.7. The van der Waals surface area contributed by atoms with Crippen LogP contribution in [0.4, 0.5) is 0 Å². The molecule has 0 atom stereocenters. The lowest BCUT2D eigenvalue weighted by molar-refractivity contribution is 0.0836. The monoisotopic (exact) mass is 288 g/mol. The molecule has 1 heteroatoms. The smallest absolute Gasteiger partial charge is 0.135 e. The maximum atomic E-state index is 6.45. The molecule has 2 aliphatic rings. The summed E-state index contributed by atoms with van der Waals surface area (Å²) in [4.78, 5) is 0. The highest BCUT2D eigenvalue weighted by atomic mass is 16.5. The molecule has 1 aliphatic carbocycles. The molecule has 1 spiro atoms. The molecule has 0 aromatic heterocycles. The van der Waals surface area contributed by atoms with Gasteiger partial charge in [0.05, 0.1) is 0 Å². The van der Waals surface area contributed by atoms with E-state index in [0.717, 1.165) is 18.6 Å². The van der Waals surface area contributed by atoms with Gasteiger partial charge in [0.15, 0.2) is 0 Å². The average molecular weight is 288 g/mol. The first-order valence-electron chi connectivity index (χ1n) is 8.09. The number of hydrogen-bond acceptors (Lipinski definition) is 1. The second-order valence-corrected chi connectivity index (χ2v) is 6.18. The normalized spacial score (nSPS) is 21.1. The van der Waals surface area contributed by atoms with Gasteiger partial charge in [-0.2, -0.15) is 0 Å². The van der Waals surface area contributed by atoms with E-state index in [1.165, 1.54) is 29.5 Å². The minimum absolute atomic E-state index is 0.0953. The molecule has 1 saturated carbocycles. The van der Waals surface area contributed by atoms with Gasteiger partial charge in [-0.25, -0.2) is 0 Å². The lowest BCUT2D eigenvalue weighted by Gasteiger charge is -2.27. The maximum absolute atomic E-state index is 6.45. The van der Waals surface area contributed by atoms with Gasteiger partial charge in [0, 0.05) is 5.57 Å². The first kappa shape index (κ1) is 13.4. The Morgan fingerprint density at radius 3 is 2.14 bits per heavy atom. The van der Waals surface area contributed by atoms with Gasteiger partial charge < -0.3 is 4.74 Å². The Bertz CT molecular complexity index is 704. The van der Waals surface area contributed by atoms with Gasteiger partial charge in [-0.1, -0.05) is 60.7 Å². The molecule has 4 rings (SSSR count). The number of benzene rings is 2. The van der Waals surface area contributed by atoms with Crippen LogP contribution < -0.4 is 0 Å². The molecule has 0 bridgehead atoms. The molecule has 0 radical (unpaired) electrons. The predicted molar refractivity (Wildman–Crippen MR) is 91.1 cm³/mol. The van der Waals surface area contributed by atoms with Crippen LogP contribution in [0.25, 0.3) is 11.6 Å². The third-order valence-corrected chi connectivity index (χ3v) is 4.70. The fourth-order valence-corrected chi connectivity index (χ4v) is 3.65. The van der Waals surface area contributed by atoms with Crippen molar-refractivity contribution in [3.05, 3.63) is 83.6 Å². The van der Waals surface area contributed by atoms with Crippen molar-refractivity contribution in [2.75, 3.05) is 0 Å². The molecule has 22 heavy (non-hydrogen) atoms. The summed E-state index contributed by atoms with van der Waals surface area (Å²) < 4.78 is 6.45. The Balaban J connectivity index is 1.75. The van der Waals surface area contributed by atoms with Crippen LogP contribution in [0.1, 0.15) is 36.8 Å². The molecule has 2 aromatic carbocycles. The lowest BCUT2D eigenvalue weighted by atomic mass is 9.88. The largest absolute Gasteiger partial charge is 0.483 e. The topological polar surface area (TPSA) is 9.23 Å². The van der Waals surface area contributed by atoms with E-state index in [0.29, 0.717) is 0 Å². The Morgan fingerprint density at radius 2 is 1.45 bits per heavy atom. The molecule has 0 N–H and O–H groups in total. The van der Waals surface area contributed by atoms with Crippen LogP contribution in [-0.4, -0.2) is 5.60 Å². The standard InChI is InChI=1S/C21H20O/c1-3-9-17(10-4-1)15-19-16-20(18-11-5-2-6-12-18)21(22-19)13-7-8-14-21/h1-6,9-12,15-16H,7-8,13-14H2/b19-15+. The Hall–Kier alpha value is -2.28. The molecule has 1 aliphatic heterocycles. The zero-order valence-electron chi connectivity index (χ0n) is 12.7. The summed E-state index contributed by atoms with van der Waals surface area (Å²) in [6, 6.07) is 21.1. The Kier molecular flexibility index (Phi) is 3.34. The fraction of sp³-hybridized carbons (Fsp3) is 0.238. The zero-order chi connectivity index (χ0) is 14.8. The summed E-state index contributed by atoms with van der Waals surface area (Å²) in [6.45, 7) is 0. The van der Waals surface area contributed by atoms with E-state index in [9.17, 15) is 0 Å². The number of rotatable bonds is 2. The van der Waals surface area contributed by atoms with E-state index in [1.807, 2.05) is 6.07 Å². The fourth-order valence-electron chi connectivity index (χ4n) is 3.65. The van der Waals surface area contributed by atoms with E-state index in [2.05, 4.69) is 66.7 Å². The van der Waals surface area contributed by atoms with Gasteiger partial charge >= 0.3 is 0 Å². The van der Waals surface area contributed by atoms with Crippen molar-refractivity contribution in [1.29, 1.82) is 0 Å². The van der Waals surface area contributed by atoms with E-state index in [4.69, 9.17) is 4.74 Å². The third kappa shape index (κ3) is 2.37. The van der Waals surface area contributed by atoms with Gasteiger partial charge in [0.1, 0.15) is 11.4 Å². The number of allylic oxidation sites excluding steroid dienone is 1. The molecule has 2 aromatic rings. The van der Waals surface area contributed by atoms with Crippen molar-refractivity contribution in [2.45, 2.75) is 31.3 Å². The maximum Gasteiger partial charge on any atom is 0.135 e. The summed E-state index contributed by atoms with van der Waals surface area (Å²) >= 11 is 0. The van der Waals surface area contributed by atoms with E-state index >= 15 is 0 Å². The molecular weight excluding hydrogens is 268 g/mol. The van der Waals surface area contributed by atoms with Gasteiger partial charge in [0.25, 0.3) is 0 Å². The molecule has 0 unspecified atom stereocenters. The molecule has 1 nitrogen and oxygen atoms in total. The summed E-state index contributed by atoms with van der Waals surface area (Å²) in [7, 11) is 0. The van der Waals surface area contributed by atoms with Gasteiger partial charge in [-0.15, -0.1) is 0 Å². The Labute approximate surface area is 131 Å². The number of ether oxygens (including phenoxy) is 1. The van der Waals surface area contributed by atoms with Crippen molar-refractivity contribution in [2.24, 2.45) is 0 Å². The van der Waals surface area contributed by atoms with Crippen LogP contribution in [0.3, 0.4) is 0 Å². The van der Waals surface area contributed by atoms with Crippen molar-refractivity contribution in [3.8, 4) is 0 Å². The van der Waals surface area contributed by atoms with E-state index < -0.39 is 0 Å². The highest BCUT2D eigenvalue weighted by Gasteiger charge is 2.44. The van der Waals surface area contributed by atoms with Gasteiger partial charge in [0.2, 0.25) is 0 Å². The second kappa shape index (κ2) is 5.49. The van der Waals surface area contributed by atoms with Crippen molar-refractivity contribution in [1.82, 2.24) is 0 Å². The predicted octanol–water partition coefficient (Wildman–Crippen LogP) is 5.45.